The van der Waals surface area contributed by atoms with Gasteiger partial charge in [0.25, 0.3) is 0 Å². The lowest BCUT2D eigenvalue weighted by Gasteiger charge is -2.22. The van der Waals surface area contributed by atoms with Gasteiger partial charge in [-0.3, -0.25) is 9.69 Å². The zero-order valence-electron chi connectivity index (χ0n) is 9.47. The molecule has 2 aliphatic heterocycles. The van der Waals surface area contributed by atoms with Crippen molar-refractivity contribution in [2.45, 2.75) is 43.8 Å². The molecule has 0 aromatic carbocycles. The summed E-state index contributed by atoms with van der Waals surface area (Å²) >= 11 is 0. The molecular formula is C11H20ClN3O. The summed E-state index contributed by atoms with van der Waals surface area (Å²) in [6.07, 6.45) is 4.51. The number of nitrogens with two attached hydrogens (primary N) is 1. The van der Waals surface area contributed by atoms with Crippen molar-refractivity contribution in [2.75, 3.05) is 19.6 Å². The molecule has 1 aliphatic carbocycles. The predicted molar refractivity (Wildman–Crippen MR) is 64.6 cm³/mol. The maximum absolute atomic E-state index is 12.1. The first-order valence-electron chi connectivity index (χ1n) is 6.06. The Hall–Kier alpha value is -0.320. The van der Waals surface area contributed by atoms with Crippen LogP contribution >= 0.6 is 12.4 Å². The highest BCUT2D eigenvalue weighted by molar-refractivity contribution is 5.85. The van der Waals surface area contributed by atoms with Gasteiger partial charge in [0.1, 0.15) is 0 Å². The van der Waals surface area contributed by atoms with Crippen LogP contribution in [0.1, 0.15) is 25.7 Å². The minimum absolute atomic E-state index is 0. The predicted octanol–water partition coefficient (Wildman–Crippen LogP) is 0.205. The number of hydrogen-bond acceptors (Lipinski definition) is 3. The third kappa shape index (κ3) is 2.06. The minimum atomic E-state index is 0. The highest BCUT2D eigenvalue weighted by Crippen LogP contribution is 2.32. The van der Waals surface area contributed by atoms with Crippen LogP contribution < -0.4 is 5.73 Å². The molecule has 4 nitrogen and oxygen atoms in total. The molecule has 0 aromatic heterocycles. The fraction of sp³-hybridized carbons (Fsp3) is 0.909. The molecule has 2 heterocycles. The molecule has 1 saturated carbocycles. The SMILES string of the molecule is Cl.NC1CCN(C2CCN(C3CC3)C2=O)C1. The molecule has 0 radical (unpaired) electrons. The van der Waals surface area contributed by atoms with E-state index in [0.29, 0.717) is 11.9 Å². The number of hydrogen-bond donors (Lipinski definition) is 1. The van der Waals surface area contributed by atoms with Crippen molar-refractivity contribution < 1.29 is 4.79 Å². The molecule has 3 rings (SSSR count). The van der Waals surface area contributed by atoms with Crippen molar-refractivity contribution >= 4 is 18.3 Å². The number of likely N-dealkylation sites (tertiary alicyclic amines) is 2. The zero-order valence-corrected chi connectivity index (χ0v) is 10.3. The van der Waals surface area contributed by atoms with Gasteiger partial charge in [0.2, 0.25) is 5.91 Å². The number of rotatable bonds is 2. The van der Waals surface area contributed by atoms with Crippen LogP contribution in [0, 0.1) is 0 Å². The van der Waals surface area contributed by atoms with Crippen LogP contribution in [0.5, 0.6) is 0 Å². The fourth-order valence-corrected chi connectivity index (χ4v) is 2.87. The van der Waals surface area contributed by atoms with Gasteiger partial charge in [0, 0.05) is 31.7 Å². The average Bonchev–Trinajstić information content (AvgIpc) is 2.86. The monoisotopic (exact) mass is 245 g/mol. The maximum Gasteiger partial charge on any atom is 0.240 e. The van der Waals surface area contributed by atoms with Gasteiger partial charge < -0.3 is 10.6 Å². The third-order valence-corrected chi connectivity index (χ3v) is 3.90. The van der Waals surface area contributed by atoms with E-state index in [9.17, 15) is 4.79 Å². The number of carbonyl (C=O) groups is 1. The first kappa shape index (κ1) is 12.1. The molecule has 1 amide bonds. The Bertz CT molecular complexity index is 282. The van der Waals surface area contributed by atoms with Crippen LogP contribution in [-0.4, -0.2) is 53.5 Å². The molecule has 2 atom stereocenters. The third-order valence-electron chi connectivity index (χ3n) is 3.90. The van der Waals surface area contributed by atoms with Gasteiger partial charge in [0.15, 0.2) is 0 Å². The second-order valence-corrected chi connectivity index (χ2v) is 5.11. The van der Waals surface area contributed by atoms with Gasteiger partial charge in [-0.15, -0.1) is 12.4 Å². The first-order valence-corrected chi connectivity index (χ1v) is 6.06. The first-order chi connectivity index (χ1) is 7.25. The van der Waals surface area contributed by atoms with E-state index in [1.165, 1.54) is 12.8 Å². The van der Waals surface area contributed by atoms with Crippen molar-refractivity contribution in [3.05, 3.63) is 0 Å². The van der Waals surface area contributed by atoms with Gasteiger partial charge in [0.05, 0.1) is 6.04 Å². The summed E-state index contributed by atoms with van der Waals surface area (Å²) in [6, 6.07) is 1.02. The number of amides is 1. The van der Waals surface area contributed by atoms with Crippen molar-refractivity contribution in [2.24, 2.45) is 5.73 Å². The molecule has 5 heteroatoms. The lowest BCUT2D eigenvalue weighted by Crippen LogP contribution is -2.42. The Kier molecular flexibility index (Phi) is 3.42. The minimum Gasteiger partial charge on any atom is -0.338 e. The fourth-order valence-electron chi connectivity index (χ4n) is 2.87. The van der Waals surface area contributed by atoms with Crippen LogP contribution in [0.2, 0.25) is 0 Å². The van der Waals surface area contributed by atoms with Crippen molar-refractivity contribution in [3.63, 3.8) is 0 Å². The summed E-state index contributed by atoms with van der Waals surface area (Å²) in [6.45, 7) is 2.89. The maximum atomic E-state index is 12.1. The number of halogens is 1. The quantitative estimate of drug-likeness (QED) is 0.757. The highest BCUT2D eigenvalue weighted by atomic mass is 35.5. The summed E-state index contributed by atoms with van der Waals surface area (Å²) in [4.78, 5) is 16.5. The second kappa shape index (κ2) is 4.51. The molecule has 0 aromatic rings. The standard InChI is InChI=1S/C11H19N3O.ClH/c12-8-3-5-13(7-8)10-4-6-14(11(10)15)9-1-2-9;/h8-10H,1-7,12H2;1H. The van der Waals surface area contributed by atoms with E-state index in [1.807, 2.05) is 0 Å². The van der Waals surface area contributed by atoms with E-state index in [4.69, 9.17) is 5.73 Å². The van der Waals surface area contributed by atoms with E-state index in [2.05, 4.69) is 9.80 Å². The molecule has 16 heavy (non-hydrogen) atoms. The van der Waals surface area contributed by atoms with Crippen LogP contribution in [0.25, 0.3) is 0 Å². The van der Waals surface area contributed by atoms with Gasteiger partial charge in [-0.1, -0.05) is 0 Å². The molecule has 92 valence electrons. The lowest BCUT2D eigenvalue weighted by atomic mass is 10.2. The molecule has 2 saturated heterocycles. The Morgan fingerprint density at radius 1 is 1.12 bits per heavy atom. The Morgan fingerprint density at radius 2 is 1.88 bits per heavy atom. The van der Waals surface area contributed by atoms with Crippen molar-refractivity contribution in [1.82, 2.24) is 9.80 Å². The number of carbonyl (C=O) groups excluding carboxylic acids is 1. The van der Waals surface area contributed by atoms with Crippen LogP contribution in [0.15, 0.2) is 0 Å². The van der Waals surface area contributed by atoms with Crippen LogP contribution in [0.3, 0.4) is 0 Å². The van der Waals surface area contributed by atoms with Crippen LogP contribution in [-0.2, 0) is 4.79 Å². The Morgan fingerprint density at radius 3 is 2.44 bits per heavy atom. The summed E-state index contributed by atoms with van der Waals surface area (Å²) in [5, 5.41) is 0. The summed E-state index contributed by atoms with van der Waals surface area (Å²) in [7, 11) is 0. The molecule has 2 unspecified atom stereocenters. The topological polar surface area (TPSA) is 49.6 Å². The number of nitrogens with zero attached hydrogens (tertiary/aromatic N) is 2. The average molecular weight is 246 g/mol. The molecule has 2 N–H and O–H groups in total. The molecule has 3 aliphatic rings. The summed E-state index contributed by atoms with van der Waals surface area (Å²) < 4.78 is 0. The largest absolute Gasteiger partial charge is 0.338 e. The highest BCUT2D eigenvalue weighted by Gasteiger charge is 2.43. The second-order valence-electron chi connectivity index (χ2n) is 5.11. The van der Waals surface area contributed by atoms with Gasteiger partial charge >= 0.3 is 0 Å². The Balaban J connectivity index is 0.000000963. The van der Waals surface area contributed by atoms with E-state index in [0.717, 1.165) is 32.5 Å². The molecule has 3 fully saturated rings. The molecule has 0 bridgehead atoms. The molecule has 0 spiro atoms. The summed E-state index contributed by atoms with van der Waals surface area (Å²) in [5.41, 5.74) is 5.88. The van der Waals surface area contributed by atoms with Gasteiger partial charge in [-0.2, -0.15) is 0 Å². The smallest absolute Gasteiger partial charge is 0.240 e. The van der Waals surface area contributed by atoms with Gasteiger partial charge in [-0.05, 0) is 25.7 Å². The van der Waals surface area contributed by atoms with E-state index in [1.54, 1.807) is 0 Å². The van der Waals surface area contributed by atoms with Crippen molar-refractivity contribution in [1.29, 1.82) is 0 Å². The van der Waals surface area contributed by atoms with E-state index >= 15 is 0 Å². The van der Waals surface area contributed by atoms with Gasteiger partial charge in [-0.25, -0.2) is 0 Å². The van der Waals surface area contributed by atoms with Crippen molar-refractivity contribution in [3.8, 4) is 0 Å². The normalized spacial score (nSPS) is 35.6. The van der Waals surface area contributed by atoms with Crippen LogP contribution in [0.4, 0.5) is 0 Å². The van der Waals surface area contributed by atoms with E-state index in [-0.39, 0.29) is 24.5 Å². The van der Waals surface area contributed by atoms with E-state index < -0.39 is 0 Å². The zero-order chi connectivity index (χ0) is 10.4. The lowest BCUT2D eigenvalue weighted by molar-refractivity contribution is -0.132. The summed E-state index contributed by atoms with van der Waals surface area (Å²) in [5.74, 6) is 0.367. The molecular weight excluding hydrogens is 226 g/mol. The Labute approximate surface area is 103 Å².